The van der Waals surface area contributed by atoms with Gasteiger partial charge in [0.1, 0.15) is 22.5 Å². The van der Waals surface area contributed by atoms with E-state index in [2.05, 4.69) is 25.3 Å². The maximum absolute atomic E-state index is 6.44. The minimum Gasteiger partial charge on any atom is -0.384 e. The molecule has 0 aliphatic carbocycles. The van der Waals surface area contributed by atoms with Crippen LogP contribution in [0.2, 0.25) is 10.0 Å². The number of rotatable bonds is 4. The van der Waals surface area contributed by atoms with Gasteiger partial charge in [0.15, 0.2) is 5.82 Å². The number of fused-ring (bicyclic) bond motifs is 1. The van der Waals surface area contributed by atoms with Crippen molar-refractivity contribution in [2.75, 3.05) is 11.1 Å². The first-order chi connectivity index (χ1) is 13.4. The summed E-state index contributed by atoms with van der Waals surface area (Å²) < 4.78 is 0.849. The van der Waals surface area contributed by atoms with Crippen molar-refractivity contribution in [2.24, 2.45) is 5.73 Å². The van der Waals surface area contributed by atoms with Crippen molar-refractivity contribution in [1.29, 1.82) is 0 Å². The predicted molar refractivity (Wildman–Crippen MR) is 115 cm³/mol. The third kappa shape index (κ3) is 3.59. The van der Waals surface area contributed by atoms with Gasteiger partial charge >= 0.3 is 0 Å². The predicted octanol–water partition coefficient (Wildman–Crippen LogP) is 4.55. The maximum Gasteiger partial charge on any atom is 0.151 e. The molecule has 0 atom stereocenters. The van der Waals surface area contributed by atoms with Crippen molar-refractivity contribution in [1.82, 2.24) is 19.9 Å². The minimum atomic E-state index is 0.360. The molecule has 0 aliphatic rings. The first-order valence-electron chi connectivity index (χ1n) is 8.26. The van der Waals surface area contributed by atoms with Gasteiger partial charge in [-0.1, -0.05) is 23.2 Å². The summed E-state index contributed by atoms with van der Waals surface area (Å²) in [6.45, 7) is 2.13. The Morgan fingerprint density at radius 2 is 1.86 bits per heavy atom. The van der Waals surface area contributed by atoms with Gasteiger partial charge in [-0.2, -0.15) is 0 Å². The smallest absolute Gasteiger partial charge is 0.151 e. The van der Waals surface area contributed by atoms with Crippen LogP contribution in [0, 0.1) is 6.92 Å². The zero-order valence-electron chi connectivity index (χ0n) is 14.7. The first kappa shape index (κ1) is 18.8. The zero-order chi connectivity index (χ0) is 19.8. The van der Waals surface area contributed by atoms with Crippen molar-refractivity contribution in [2.45, 2.75) is 13.5 Å². The average molecular weight is 432 g/mol. The summed E-state index contributed by atoms with van der Waals surface area (Å²) in [6, 6.07) is 7.09. The molecule has 0 saturated heterocycles. The second kappa shape index (κ2) is 7.48. The average Bonchev–Trinajstić information content (AvgIpc) is 3.05. The van der Waals surface area contributed by atoms with Crippen LogP contribution in [-0.4, -0.2) is 19.9 Å². The molecule has 0 aliphatic heterocycles. The van der Waals surface area contributed by atoms with Gasteiger partial charge < -0.3 is 16.8 Å². The van der Waals surface area contributed by atoms with E-state index in [0.717, 1.165) is 15.8 Å². The number of benzene rings is 1. The number of hydrogen-bond acceptors (Lipinski definition) is 8. The summed E-state index contributed by atoms with van der Waals surface area (Å²) in [4.78, 5) is 17.5. The molecular weight excluding hydrogens is 417 g/mol. The number of aromatic nitrogens is 4. The van der Waals surface area contributed by atoms with Crippen LogP contribution in [0.1, 0.15) is 11.4 Å². The second-order valence-corrected chi connectivity index (χ2v) is 7.83. The van der Waals surface area contributed by atoms with E-state index in [-0.39, 0.29) is 0 Å². The molecule has 4 rings (SSSR count). The van der Waals surface area contributed by atoms with E-state index >= 15 is 0 Å². The molecule has 142 valence electrons. The Hall–Kier alpha value is -2.52. The lowest BCUT2D eigenvalue weighted by Crippen LogP contribution is -2.01. The van der Waals surface area contributed by atoms with Gasteiger partial charge in [-0.25, -0.2) is 19.9 Å². The number of hydrogen-bond donors (Lipinski definition) is 3. The zero-order valence-corrected chi connectivity index (χ0v) is 17.0. The molecular formula is C18H15Cl2N7S. The van der Waals surface area contributed by atoms with Crippen molar-refractivity contribution < 1.29 is 0 Å². The molecule has 0 saturated carbocycles. The maximum atomic E-state index is 6.44. The molecule has 0 unspecified atom stereocenters. The molecule has 7 nitrogen and oxygen atoms in total. The minimum absolute atomic E-state index is 0.360. The third-order valence-corrected chi connectivity index (χ3v) is 5.65. The fourth-order valence-electron chi connectivity index (χ4n) is 2.78. The lowest BCUT2D eigenvalue weighted by molar-refractivity contribution is 1.06. The summed E-state index contributed by atoms with van der Waals surface area (Å²) in [5.74, 6) is 2.12. The van der Waals surface area contributed by atoms with Gasteiger partial charge in [-0.15, -0.1) is 11.3 Å². The normalized spacial score (nSPS) is 11.1. The highest BCUT2D eigenvalue weighted by Gasteiger charge is 2.17. The number of nitrogens with one attached hydrogen (secondary N) is 1. The van der Waals surface area contributed by atoms with Crippen LogP contribution in [0.4, 0.5) is 17.5 Å². The number of nitrogens with zero attached hydrogens (tertiary/aromatic N) is 4. The standard InChI is InChI=1S/C18H15Cl2N7S/c1-8-24-13(22)6-14(25-8)27-17-16-12(2-3-23-17)26-18(28-16)15-10(19)4-9(7-21)5-11(15)20/h2-6H,7,21H2,1H3,(H3,22,23,24,25,27). The monoisotopic (exact) mass is 431 g/mol. The molecule has 0 bridgehead atoms. The van der Waals surface area contributed by atoms with Gasteiger partial charge in [0.2, 0.25) is 0 Å². The van der Waals surface area contributed by atoms with E-state index in [1.165, 1.54) is 11.3 Å². The van der Waals surface area contributed by atoms with Crippen LogP contribution in [0.15, 0.2) is 30.5 Å². The number of thiazole rings is 1. The highest BCUT2D eigenvalue weighted by molar-refractivity contribution is 7.22. The number of nitrogen functional groups attached to an aromatic ring is 1. The number of pyridine rings is 1. The van der Waals surface area contributed by atoms with E-state index in [1.54, 1.807) is 31.3 Å². The Morgan fingerprint density at radius 3 is 2.54 bits per heavy atom. The SMILES string of the molecule is Cc1nc(N)cc(Nc2nccc3nc(-c4c(Cl)cc(CN)cc4Cl)sc23)n1. The lowest BCUT2D eigenvalue weighted by Gasteiger charge is -2.07. The Labute approximate surface area is 174 Å². The summed E-state index contributed by atoms with van der Waals surface area (Å²) in [5, 5.41) is 4.90. The highest BCUT2D eigenvalue weighted by atomic mass is 35.5. The summed E-state index contributed by atoms with van der Waals surface area (Å²) in [7, 11) is 0. The third-order valence-electron chi connectivity index (χ3n) is 3.96. The quantitative estimate of drug-likeness (QED) is 0.433. The molecule has 4 aromatic rings. The molecule has 3 aromatic heterocycles. The van der Waals surface area contributed by atoms with Crippen LogP contribution < -0.4 is 16.8 Å². The van der Waals surface area contributed by atoms with Crippen molar-refractivity contribution in [3.63, 3.8) is 0 Å². The Bertz CT molecular complexity index is 1150. The van der Waals surface area contributed by atoms with E-state index in [1.807, 2.05) is 6.07 Å². The van der Waals surface area contributed by atoms with Crippen LogP contribution in [0.5, 0.6) is 0 Å². The van der Waals surface area contributed by atoms with Crippen LogP contribution in [-0.2, 0) is 6.54 Å². The van der Waals surface area contributed by atoms with E-state index in [9.17, 15) is 0 Å². The molecule has 0 spiro atoms. The summed E-state index contributed by atoms with van der Waals surface area (Å²) >= 11 is 14.3. The Morgan fingerprint density at radius 1 is 1.11 bits per heavy atom. The fraction of sp³-hybridized carbons (Fsp3) is 0.111. The van der Waals surface area contributed by atoms with Crippen molar-refractivity contribution in [3.05, 3.63) is 51.9 Å². The first-order valence-corrected chi connectivity index (χ1v) is 9.84. The molecule has 0 fully saturated rings. The number of halogens is 2. The van der Waals surface area contributed by atoms with Crippen LogP contribution in [0.25, 0.3) is 20.8 Å². The topological polar surface area (TPSA) is 116 Å². The van der Waals surface area contributed by atoms with E-state index < -0.39 is 0 Å². The van der Waals surface area contributed by atoms with Gasteiger partial charge in [0.25, 0.3) is 0 Å². The Kier molecular flexibility index (Phi) is 5.03. The van der Waals surface area contributed by atoms with Gasteiger partial charge in [0, 0.05) is 24.4 Å². The Balaban J connectivity index is 1.80. The van der Waals surface area contributed by atoms with Crippen molar-refractivity contribution in [3.8, 4) is 10.6 Å². The molecule has 1 aromatic carbocycles. The number of nitrogens with two attached hydrogens (primary N) is 2. The molecule has 28 heavy (non-hydrogen) atoms. The molecule has 5 N–H and O–H groups in total. The molecule has 0 radical (unpaired) electrons. The fourth-order valence-corrected chi connectivity index (χ4v) is 4.68. The molecule has 0 amide bonds. The molecule has 10 heteroatoms. The van der Waals surface area contributed by atoms with Crippen LogP contribution >= 0.6 is 34.5 Å². The summed E-state index contributed by atoms with van der Waals surface area (Å²) in [5.41, 5.74) is 13.8. The lowest BCUT2D eigenvalue weighted by atomic mass is 10.1. The number of anilines is 3. The van der Waals surface area contributed by atoms with Gasteiger partial charge in [-0.3, -0.25) is 0 Å². The van der Waals surface area contributed by atoms with E-state index in [4.69, 9.17) is 34.7 Å². The van der Waals surface area contributed by atoms with E-state index in [0.29, 0.717) is 50.4 Å². The largest absolute Gasteiger partial charge is 0.384 e. The highest BCUT2D eigenvalue weighted by Crippen LogP contribution is 2.41. The summed E-state index contributed by atoms with van der Waals surface area (Å²) in [6.07, 6.45) is 1.67. The van der Waals surface area contributed by atoms with Crippen LogP contribution in [0.3, 0.4) is 0 Å². The van der Waals surface area contributed by atoms with Gasteiger partial charge in [-0.05, 0) is 30.7 Å². The second-order valence-electron chi connectivity index (χ2n) is 6.02. The number of aryl methyl sites for hydroxylation is 1. The van der Waals surface area contributed by atoms with Crippen molar-refractivity contribution >= 4 is 62.2 Å². The van der Waals surface area contributed by atoms with Gasteiger partial charge in [0.05, 0.1) is 20.3 Å². The molecule has 3 heterocycles.